The van der Waals surface area contributed by atoms with Crippen LogP contribution in [-0.2, 0) is 50.7 Å². The molecule has 3 heterocycles. The molecule has 1 aliphatic rings. The average Bonchev–Trinajstić information content (AvgIpc) is 3.81. The number of phosphoric acid groups is 3. The third-order valence-corrected chi connectivity index (χ3v) is 14.9. The lowest BCUT2D eigenvalue weighted by Gasteiger charge is -2.30. The molecule has 0 radical (unpaired) electrons. The maximum Gasteiger partial charge on any atom is 0.481 e. The summed E-state index contributed by atoms with van der Waals surface area (Å²) in [6.07, 6.45) is 9.54. The van der Waals surface area contributed by atoms with E-state index in [0.29, 0.717) is 12.2 Å². The summed E-state index contributed by atoms with van der Waals surface area (Å²) < 4.78 is 62.4. The molecule has 2 amide bonds. The van der Waals surface area contributed by atoms with Crippen LogP contribution in [0.3, 0.4) is 0 Å². The summed E-state index contributed by atoms with van der Waals surface area (Å²) >= 11 is 1.16. The number of nitrogens with two attached hydrogens (primary N) is 1. The third kappa shape index (κ3) is 21.6. The van der Waals surface area contributed by atoms with Gasteiger partial charge in [0.2, 0.25) is 11.8 Å². The van der Waals surface area contributed by atoms with Crippen LogP contribution in [0.5, 0.6) is 0 Å². The van der Waals surface area contributed by atoms with Gasteiger partial charge < -0.3 is 50.9 Å². The summed E-state index contributed by atoms with van der Waals surface area (Å²) in [5.41, 5.74) is 4.29. The molecule has 67 heavy (non-hydrogen) atoms. The van der Waals surface area contributed by atoms with Crippen LogP contribution in [0.25, 0.3) is 11.2 Å². The van der Waals surface area contributed by atoms with Crippen molar-refractivity contribution in [3.63, 3.8) is 0 Å². The van der Waals surface area contributed by atoms with E-state index in [2.05, 4.69) is 48.3 Å². The van der Waals surface area contributed by atoms with Crippen LogP contribution < -0.4 is 16.4 Å². The standard InChI is InChI=1S/C39H70N7O17P3S/c1-5-6-7-8-9-10-13-16-27(2)17-14-11-12-15-18-30(48)67-22-21-41-29(47)19-20-42-37(51)34(50)39(3,4)24-60-66(57,58)63-65(55,56)59-23-28-33(62-64(52,53)54)32(49)38(61-28)46-26-45-31-35(40)43-25-44-36(31)46/h25-28,32-34,38,49-50H,5-24H2,1-4H3,(H,41,47)(H,42,51)(H,55,56)(H,57,58)(H2,40,43,44)(H2,52,53,54). The van der Waals surface area contributed by atoms with Crippen LogP contribution >= 0.6 is 35.2 Å². The Labute approximate surface area is 395 Å². The quantitative estimate of drug-likeness (QED) is 0.0336. The Bertz CT molecular complexity index is 2010. The molecule has 2 aromatic heterocycles. The molecule has 1 fully saturated rings. The number of nitrogens with one attached hydrogen (secondary N) is 2. The summed E-state index contributed by atoms with van der Waals surface area (Å²) in [6.45, 7) is 5.14. The molecule has 0 saturated carbocycles. The van der Waals surface area contributed by atoms with Crippen LogP contribution in [0, 0.1) is 11.3 Å². The van der Waals surface area contributed by atoms with Crippen LogP contribution in [0.1, 0.15) is 130 Å². The normalized spacial score (nSPS) is 20.6. The van der Waals surface area contributed by atoms with Crippen molar-refractivity contribution in [2.75, 3.05) is 37.8 Å². The lowest BCUT2D eigenvalue weighted by Crippen LogP contribution is -2.46. The van der Waals surface area contributed by atoms with Gasteiger partial charge in [-0.1, -0.05) is 117 Å². The van der Waals surface area contributed by atoms with Crippen LogP contribution in [-0.4, -0.2) is 123 Å². The maximum atomic E-state index is 12.7. The number of rotatable bonds is 34. The molecule has 384 valence electrons. The highest BCUT2D eigenvalue weighted by Crippen LogP contribution is 2.61. The van der Waals surface area contributed by atoms with Gasteiger partial charge in [0.05, 0.1) is 19.5 Å². The number of thioether (sulfide) groups is 1. The molecule has 8 atom stereocenters. The van der Waals surface area contributed by atoms with E-state index < -0.39 is 84.6 Å². The average molecular weight is 1030 g/mol. The third-order valence-electron chi connectivity index (χ3n) is 10.9. The van der Waals surface area contributed by atoms with Gasteiger partial charge in [0.25, 0.3) is 0 Å². The number of ether oxygens (including phenoxy) is 1. The molecule has 0 bridgehead atoms. The molecule has 8 unspecified atom stereocenters. The minimum Gasteiger partial charge on any atom is -0.386 e. The number of hydrogen-bond acceptors (Lipinski definition) is 18. The molecule has 0 aliphatic carbocycles. The largest absolute Gasteiger partial charge is 0.481 e. The summed E-state index contributed by atoms with van der Waals surface area (Å²) in [5.74, 6) is -0.283. The van der Waals surface area contributed by atoms with Crippen molar-refractivity contribution in [3.8, 4) is 0 Å². The number of carbonyl (C=O) groups is 3. The second-order valence-electron chi connectivity index (χ2n) is 17.3. The zero-order chi connectivity index (χ0) is 49.8. The molecule has 0 spiro atoms. The van der Waals surface area contributed by atoms with Crippen molar-refractivity contribution in [1.29, 1.82) is 0 Å². The van der Waals surface area contributed by atoms with E-state index in [1.807, 2.05) is 0 Å². The molecule has 2 aromatic rings. The number of nitrogens with zero attached hydrogens (tertiary/aromatic N) is 4. The van der Waals surface area contributed by atoms with E-state index in [1.54, 1.807) is 0 Å². The lowest BCUT2D eigenvalue weighted by atomic mass is 9.87. The number of amides is 2. The number of nitrogen functional groups attached to an aromatic ring is 1. The van der Waals surface area contributed by atoms with Gasteiger partial charge >= 0.3 is 23.5 Å². The first kappa shape index (κ1) is 58.9. The highest BCUT2D eigenvalue weighted by atomic mass is 32.2. The number of hydrogen-bond donors (Lipinski definition) is 9. The number of unbranched alkanes of at least 4 members (excludes halogenated alkanes) is 9. The molecule has 10 N–H and O–H groups in total. The van der Waals surface area contributed by atoms with Crippen molar-refractivity contribution in [3.05, 3.63) is 12.7 Å². The molecule has 24 nitrogen and oxygen atoms in total. The smallest absolute Gasteiger partial charge is 0.386 e. The summed E-state index contributed by atoms with van der Waals surface area (Å²) in [5, 5.41) is 26.7. The molecule has 1 aliphatic heterocycles. The first-order valence-electron chi connectivity index (χ1n) is 22.5. The van der Waals surface area contributed by atoms with Crippen molar-refractivity contribution in [2.45, 2.75) is 155 Å². The predicted molar refractivity (Wildman–Crippen MR) is 247 cm³/mol. The topological polar surface area (TPSA) is 364 Å². The van der Waals surface area contributed by atoms with Gasteiger partial charge in [-0.3, -0.25) is 32.5 Å². The molecule has 0 aromatic carbocycles. The lowest BCUT2D eigenvalue weighted by molar-refractivity contribution is -0.137. The number of aliphatic hydroxyl groups excluding tert-OH is 2. The fraction of sp³-hybridized carbons (Fsp3) is 0.795. The van der Waals surface area contributed by atoms with E-state index >= 15 is 0 Å². The van der Waals surface area contributed by atoms with Gasteiger partial charge in [0.15, 0.2) is 22.8 Å². The van der Waals surface area contributed by atoms with E-state index in [9.17, 15) is 57.9 Å². The number of fused-ring (bicyclic) bond motifs is 1. The van der Waals surface area contributed by atoms with Crippen LogP contribution in [0.2, 0.25) is 0 Å². The monoisotopic (exact) mass is 1030 g/mol. The first-order valence-corrected chi connectivity index (χ1v) is 28.0. The Morgan fingerprint density at radius 3 is 2.18 bits per heavy atom. The van der Waals surface area contributed by atoms with Gasteiger partial charge in [-0.2, -0.15) is 4.31 Å². The number of phosphoric ester groups is 3. The Kier molecular flexibility index (Phi) is 25.0. The first-order chi connectivity index (χ1) is 31.4. The van der Waals surface area contributed by atoms with E-state index in [4.69, 9.17) is 19.5 Å². The summed E-state index contributed by atoms with van der Waals surface area (Å²) in [4.78, 5) is 88.4. The number of aliphatic hydroxyl groups is 2. The maximum absolute atomic E-state index is 12.7. The fourth-order valence-electron chi connectivity index (χ4n) is 7.08. The Morgan fingerprint density at radius 2 is 1.52 bits per heavy atom. The SMILES string of the molecule is CCCCCCCCCC(C)CCCCCCC(=O)SCCNC(=O)CCNC(=O)C(O)C(C)(C)COP(=O)(O)OP(=O)(O)OCC1OC(n2cnc3c(N)ncnc32)C(O)C1OP(=O)(O)O. The van der Waals surface area contributed by atoms with Gasteiger partial charge in [0.1, 0.15) is 36.3 Å². The summed E-state index contributed by atoms with van der Waals surface area (Å²) in [7, 11) is -16.4. The second kappa shape index (κ2) is 28.4. The summed E-state index contributed by atoms with van der Waals surface area (Å²) in [6, 6.07) is 0. The van der Waals surface area contributed by atoms with Crippen molar-refractivity contribution in [2.24, 2.45) is 11.3 Å². The van der Waals surface area contributed by atoms with Crippen LogP contribution in [0.15, 0.2) is 12.7 Å². The van der Waals surface area contributed by atoms with Crippen LogP contribution in [0.4, 0.5) is 5.82 Å². The fourth-order valence-corrected chi connectivity index (χ4v) is 10.6. The second-order valence-corrected chi connectivity index (χ2v) is 22.6. The zero-order valence-corrected chi connectivity index (χ0v) is 42.1. The Morgan fingerprint density at radius 1 is 0.896 bits per heavy atom. The van der Waals surface area contributed by atoms with Gasteiger partial charge in [-0.25, -0.2) is 28.6 Å². The Balaban J connectivity index is 1.31. The number of imidazole rings is 1. The zero-order valence-electron chi connectivity index (χ0n) is 38.6. The molecule has 1 saturated heterocycles. The highest BCUT2D eigenvalue weighted by Gasteiger charge is 2.50. The molecule has 3 rings (SSSR count). The molecule has 28 heteroatoms. The van der Waals surface area contributed by atoms with Crippen molar-refractivity contribution < 1.29 is 80.5 Å². The van der Waals surface area contributed by atoms with Crippen molar-refractivity contribution >= 4 is 69.1 Å². The number of aromatic nitrogens is 4. The Hall–Kier alpha value is -2.44. The van der Waals surface area contributed by atoms with E-state index in [1.165, 1.54) is 78.1 Å². The van der Waals surface area contributed by atoms with E-state index in [-0.39, 0.29) is 41.6 Å². The van der Waals surface area contributed by atoms with E-state index in [0.717, 1.165) is 54.2 Å². The predicted octanol–water partition coefficient (Wildman–Crippen LogP) is 4.78. The number of carbonyl (C=O) groups excluding carboxylic acids is 3. The van der Waals surface area contributed by atoms with Gasteiger partial charge in [-0.05, 0) is 12.3 Å². The minimum absolute atomic E-state index is 0.0337. The highest BCUT2D eigenvalue weighted by molar-refractivity contribution is 8.13. The minimum atomic E-state index is -5.57. The molecular weight excluding hydrogens is 963 g/mol. The molecular formula is C39H70N7O17P3S. The van der Waals surface area contributed by atoms with Gasteiger partial charge in [-0.15, -0.1) is 0 Å². The van der Waals surface area contributed by atoms with Crippen molar-refractivity contribution in [1.82, 2.24) is 30.2 Å². The number of anilines is 1. The van der Waals surface area contributed by atoms with Gasteiger partial charge in [0, 0.05) is 37.1 Å².